The van der Waals surface area contributed by atoms with Crippen LogP contribution in [0, 0.1) is 0 Å². The maximum absolute atomic E-state index is 5.99. The lowest BCUT2D eigenvalue weighted by molar-refractivity contribution is 1.23. The molecule has 0 amide bonds. The van der Waals surface area contributed by atoms with Gasteiger partial charge in [0.25, 0.3) is 0 Å². The lowest BCUT2D eigenvalue weighted by Gasteiger charge is -1.88. The Morgan fingerprint density at radius 1 is 1.27 bits per heavy atom. The van der Waals surface area contributed by atoms with Gasteiger partial charge < -0.3 is 0 Å². The van der Waals surface area contributed by atoms with Crippen molar-refractivity contribution in [2.75, 3.05) is 0 Å². The lowest BCUT2D eigenvalue weighted by atomic mass is 10.3. The zero-order valence-electron chi connectivity index (χ0n) is 7.48. The van der Waals surface area contributed by atoms with Gasteiger partial charge in [0.15, 0.2) is 0 Å². The minimum absolute atomic E-state index is 0.534. The molecule has 0 bridgehead atoms. The molecule has 0 aliphatic heterocycles. The number of thiophene rings is 2. The van der Waals surface area contributed by atoms with E-state index in [-0.39, 0.29) is 0 Å². The highest BCUT2D eigenvalue weighted by Crippen LogP contribution is 2.35. The first-order valence-corrected chi connectivity index (χ1v) is 6.41. The van der Waals surface area contributed by atoms with Gasteiger partial charge in [-0.2, -0.15) is 11.3 Å². The van der Waals surface area contributed by atoms with Gasteiger partial charge in [-0.25, -0.2) is 9.97 Å². The van der Waals surface area contributed by atoms with Gasteiger partial charge in [0.2, 0.25) is 0 Å². The summed E-state index contributed by atoms with van der Waals surface area (Å²) in [6, 6.07) is 4.15. The number of aromatic nitrogens is 2. The third-order valence-corrected chi connectivity index (χ3v) is 4.34. The van der Waals surface area contributed by atoms with Crippen molar-refractivity contribution in [3.63, 3.8) is 0 Å². The van der Waals surface area contributed by atoms with Crippen LogP contribution >= 0.6 is 34.3 Å². The van der Waals surface area contributed by atoms with E-state index in [0.717, 1.165) is 10.2 Å². The standard InChI is InChI=1S/C10H5ClN2S2/c11-10-9-7(12-5-13-10)3-8(15-9)6-1-2-14-4-6/h1-5H. The maximum Gasteiger partial charge on any atom is 0.150 e. The molecular formula is C10H5ClN2S2. The molecule has 0 saturated carbocycles. The summed E-state index contributed by atoms with van der Waals surface area (Å²) in [5, 5.41) is 4.71. The Morgan fingerprint density at radius 2 is 2.20 bits per heavy atom. The van der Waals surface area contributed by atoms with E-state index in [1.807, 2.05) is 0 Å². The van der Waals surface area contributed by atoms with Crippen LogP contribution in [0.4, 0.5) is 0 Å². The molecule has 0 radical (unpaired) electrons. The molecule has 0 fully saturated rings. The van der Waals surface area contributed by atoms with E-state index in [1.165, 1.54) is 16.8 Å². The van der Waals surface area contributed by atoms with Crippen molar-refractivity contribution in [1.29, 1.82) is 0 Å². The third kappa shape index (κ3) is 1.55. The van der Waals surface area contributed by atoms with Crippen molar-refractivity contribution in [3.05, 3.63) is 34.4 Å². The molecule has 0 atom stereocenters. The van der Waals surface area contributed by atoms with Crippen molar-refractivity contribution in [3.8, 4) is 10.4 Å². The summed E-state index contributed by atoms with van der Waals surface area (Å²) in [5.74, 6) is 0. The van der Waals surface area contributed by atoms with Gasteiger partial charge in [0.1, 0.15) is 11.5 Å². The summed E-state index contributed by atoms with van der Waals surface area (Å²) < 4.78 is 0.959. The minimum Gasteiger partial charge on any atom is -0.235 e. The van der Waals surface area contributed by atoms with E-state index in [2.05, 4.69) is 32.9 Å². The van der Waals surface area contributed by atoms with Crippen LogP contribution in [0.5, 0.6) is 0 Å². The van der Waals surface area contributed by atoms with Gasteiger partial charge in [-0.1, -0.05) is 11.6 Å². The van der Waals surface area contributed by atoms with E-state index < -0.39 is 0 Å². The smallest absolute Gasteiger partial charge is 0.150 e. The molecule has 0 aliphatic rings. The van der Waals surface area contributed by atoms with Gasteiger partial charge >= 0.3 is 0 Å². The molecule has 74 valence electrons. The van der Waals surface area contributed by atoms with Crippen LogP contribution in [-0.4, -0.2) is 9.97 Å². The highest BCUT2D eigenvalue weighted by atomic mass is 35.5. The van der Waals surface area contributed by atoms with Gasteiger partial charge in [0, 0.05) is 10.4 Å². The topological polar surface area (TPSA) is 25.8 Å². The second-order valence-electron chi connectivity index (χ2n) is 3.00. The van der Waals surface area contributed by atoms with Crippen LogP contribution < -0.4 is 0 Å². The number of halogens is 1. The third-order valence-electron chi connectivity index (χ3n) is 2.07. The fraction of sp³-hybridized carbons (Fsp3) is 0. The highest BCUT2D eigenvalue weighted by molar-refractivity contribution is 7.23. The molecule has 2 nitrogen and oxygen atoms in total. The number of fused-ring (bicyclic) bond motifs is 1. The van der Waals surface area contributed by atoms with Gasteiger partial charge in [-0.05, 0) is 22.9 Å². The Balaban J connectivity index is 2.27. The summed E-state index contributed by atoms with van der Waals surface area (Å²) in [6.07, 6.45) is 1.49. The molecule has 3 rings (SSSR count). The molecular weight excluding hydrogens is 248 g/mol. The molecule has 0 aromatic carbocycles. The predicted molar refractivity (Wildman–Crippen MR) is 65.7 cm³/mol. The van der Waals surface area contributed by atoms with E-state index in [0.29, 0.717) is 5.15 Å². The van der Waals surface area contributed by atoms with Crippen LogP contribution in [0.1, 0.15) is 0 Å². The summed E-state index contributed by atoms with van der Waals surface area (Å²) in [6.45, 7) is 0. The van der Waals surface area contributed by atoms with Gasteiger partial charge in [0.05, 0.1) is 10.2 Å². The molecule has 0 spiro atoms. The molecule has 3 heterocycles. The number of nitrogens with zero attached hydrogens (tertiary/aromatic N) is 2. The van der Waals surface area contributed by atoms with Crippen LogP contribution in [0.15, 0.2) is 29.2 Å². The van der Waals surface area contributed by atoms with E-state index in [9.17, 15) is 0 Å². The molecule has 0 unspecified atom stereocenters. The zero-order valence-corrected chi connectivity index (χ0v) is 9.86. The number of rotatable bonds is 1. The quantitative estimate of drug-likeness (QED) is 0.610. The van der Waals surface area contributed by atoms with Gasteiger partial charge in [-0.15, -0.1) is 11.3 Å². The van der Waals surface area contributed by atoms with E-state index in [4.69, 9.17) is 11.6 Å². The SMILES string of the molecule is Clc1ncnc2cc(-c3ccsc3)sc12. The lowest BCUT2D eigenvalue weighted by Crippen LogP contribution is -1.76. The van der Waals surface area contributed by atoms with Crippen molar-refractivity contribution >= 4 is 44.5 Å². The largest absolute Gasteiger partial charge is 0.235 e. The van der Waals surface area contributed by atoms with Crippen LogP contribution in [0.3, 0.4) is 0 Å². The van der Waals surface area contributed by atoms with Gasteiger partial charge in [-0.3, -0.25) is 0 Å². The first-order chi connectivity index (χ1) is 7.34. The van der Waals surface area contributed by atoms with Crippen LogP contribution in [0.2, 0.25) is 5.15 Å². The van der Waals surface area contributed by atoms with Crippen LogP contribution in [-0.2, 0) is 0 Å². The molecule has 5 heteroatoms. The van der Waals surface area contributed by atoms with E-state index >= 15 is 0 Å². The minimum atomic E-state index is 0.534. The Morgan fingerprint density at radius 3 is 2.93 bits per heavy atom. The molecule has 0 aliphatic carbocycles. The molecule has 3 aromatic heterocycles. The second kappa shape index (κ2) is 3.56. The maximum atomic E-state index is 5.99. The molecule has 0 N–H and O–H groups in total. The van der Waals surface area contributed by atoms with Crippen molar-refractivity contribution < 1.29 is 0 Å². The fourth-order valence-corrected chi connectivity index (χ4v) is 3.35. The first kappa shape index (κ1) is 9.27. The average molecular weight is 253 g/mol. The van der Waals surface area contributed by atoms with Crippen molar-refractivity contribution in [2.45, 2.75) is 0 Å². The zero-order chi connectivity index (χ0) is 10.3. The van der Waals surface area contributed by atoms with Crippen LogP contribution in [0.25, 0.3) is 20.7 Å². The van der Waals surface area contributed by atoms with Crippen molar-refractivity contribution in [2.24, 2.45) is 0 Å². The molecule has 15 heavy (non-hydrogen) atoms. The average Bonchev–Trinajstić information content (AvgIpc) is 2.86. The molecule has 0 saturated heterocycles. The Kier molecular flexibility index (Phi) is 2.20. The summed E-state index contributed by atoms with van der Waals surface area (Å²) in [7, 11) is 0. The fourth-order valence-electron chi connectivity index (χ4n) is 1.37. The number of hydrogen-bond acceptors (Lipinski definition) is 4. The number of hydrogen-bond donors (Lipinski definition) is 0. The second-order valence-corrected chi connectivity index (χ2v) is 5.19. The monoisotopic (exact) mass is 252 g/mol. The normalized spacial score (nSPS) is 11.0. The Hall–Kier alpha value is -0.970. The summed E-state index contributed by atoms with van der Waals surface area (Å²) in [5.41, 5.74) is 2.14. The van der Waals surface area contributed by atoms with Crippen molar-refractivity contribution in [1.82, 2.24) is 9.97 Å². The Bertz CT molecular complexity index is 601. The summed E-state index contributed by atoms with van der Waals surface area (Å²) >= 11 is 9.31. The molecule has 3 aromatic rings. The summed E-state index contributed by atoms with van der Waals surface area (Å²) in [4.78, 5) is 9.35. The van der Waals surface area contributed by atoms with E-state index in [1.54, 1.807) is 22.7 Å². The Labute approximate surface area is 99.2 Å². The highest BCUT2D eigenvalue weighted by Gasteiger charge is 2.08. The first-order valence-electron chi connectivity index (χ1n) is 4.27. The predicted octanol–water partition coefficient (Wildman–Crippen LogP) is 4.07.